The van der Waals surface area contributed by atoms with Crippen molar-refractivity contribution in [2.75, 3.05) is 20.2 Å². The average molecular weight is 451 g/mol. The molecule has 33 heavy (non-hydrogen) atoms. The Bertz CT molecular complexity index is 1300. The van der Waals surface area contributed by atoms with Gasteiger partial charge in [0.05, 0.1) is 30.2 Å². The second-order valence-electron chi connectivity index (χ2n) is 9.54. The minimum absolute atomic E-state index is 0.110. The molecule has 0 aliphatic carbocycles. The van der Waals surface area contributed by atoms with Crippen LogP contribution in [0, 0.1) is 5.82 Å². The Labute approximate surface area is 193 Å². The lowest BCUT2D eigenvalue weighted by Gasteiger charge is -2.34. The van der Waals surface area contributed by atoms with E-state index in [1.54, 1.807) is 17.8 Å². The number of aromatic nitrogens is 5. The minimum atomic E-state index is -0.185. The van der Waals surface area contributed by atoms with Crippen molar-refractivity contribution in [1.82, 2.24) is 29.5 Å². The summed E-state index contributed by atoms with van der Waals surface area (Å²) in [5.41, 5.74) is 4.65. The fourth-order valence-electron chi connectivity index (χ4n) is 5.15. The van der Waals surface area contributed by atoms with Gasteiger partial charge in [0.25, 0.3) is 0 Å². The number of H-pyrrole nitrogens is 1. The van der Waals surface area contributed by atoms with Crippen molar-refractivity contribution in [3.05, 3.63) is 41.9 Å². The highest BCUT2D eigenvalue weighted by Gasteiger charge is 2.28. The molecule has 8 heteroatoms. The van der Waals surface area contributed by atoms with E-state index < -0.39 is 0 Å². The van der Waals surface area contributed by atoms with Crippen molar-refractivity contribution < 1.29 is 9.13 Å². The molecule has 5 heterocycles. The summed E-state index contributed by atoms with van der Waals surface area (Å²) in [5, 5.41) is 4.92. The first-order valence-electron chi connectivity index (χ1n) is 11.7. The molecule has 4 aromatic rings. The van der Waals surface area contributed by atoms with Gasteiger partial charge in [0.1, 0.15) is 6.33 Å². The average Bonchev–Trinajstić information content (AvgIpc) is 3.44. The van der Waals surface area contributed by atoms with Crippen LogP contribution in [0.15, 0.2) is 24.8 Å². The van der Waals surface area contributed by atoms with Crippen LogP contribution in [-0.2, 0) is 0 Å². The van der Waals surface area contributed by atoms with Gasteiger partial charge in [-0.1, -0.05) is 13.8 Å². The van der Waals surface area contributed by atoms with Crippen LogP contribution >= 0.6 is 0 Å². The summed E-state index contributed by atoms with van der Waals surface area (Å²) in [5.74, 6) is 0.693. The third-order valence-electron chi connectivity index (χ3n) is 6.92. The predicted octanol–water partition coefficient (Wildman–Crippen LogP) is 5.13. The number of rotatable bonds is 5. The monoisotopic (exact) mass is 450 g/mol. The molecule has 1 N–H and O–H groups in total. The summed E-state index contributed by atoms with van der Waals surface area (Å²) in [6.45, 7) is 10.6. The molecule has 0 amide bonds. The Morgan fingerprint density at radius 2 is 1.91 bits per heavy atom. The maximum atomic E-state index is 16.1. The molecule has 1 aliphatic rings. The van der Waals surface area contributed by atoms with Gasteiger partial charge in [-0.3, -0.25) is 4.98 Å². The van der Waals surface area contributed by atoms with Crippen LogP contribution in [0.2, 0.25) is 0 Å². The number of methoxy groups -OCH3 is 1. The Balaban J connectivity index is 1.62. The van der Waals surface area contributed by atoms with E-state index in [4.69, 9.17) is 4.74 Å². The number of piperidine rings is 1. The van der Waals surface area contributed by atoms with Gasteiger partial charge in [0, 0.05) is 29.1 Å². The molecule has 5 rings (SSSR count). The van der Waals surface area contributed by atoms with Gasteiger partial charge < -0.3 is 14.6 Å². The number of hydrogen-bond acceptors (Lipinski definition) is 5. The van der Waals surface area contributed by atoms with E-state index in [2.05, 4.69) is 52.6 Å². The van der Waals surface area contributed by atoms with Crippen LogP contribution in [0.5, 0.6) is 5.75 Å². The lowest BCUT2D eigenvalue weighted by atomic mass is 9.90. The van der Waals surface area contributed by atoms with E-state index in [0.717, 1.165) is 42.8 Å². The van der Waals surface area contributed by atoms with Crippen LogP contribution in [0.25, 0.3) is 27.8 Å². The number of ether oxygens (including phenoxy) is 1. The van der Waals surface area contributed by atoms with Crippen LogP contribution in [0.1, 0.15) is 63.6 Å². The van der Waals surface area contributed by atoms with E-state index in [1.807, 2.05) is 12.3 Å². The van der Waals surface area contributed by atoms with Crippen molar-refractivity contribution >= 4 is 16.6 Å². The van der Waals surface area contributed by atoms with Crippen molar-refractivity contribution in [3.63, 3.8) is 0 Å². The maximum Gasteiger partial charge on any atom is 0.197 e. The van der Waals surface area contributed by atoms with Crippen LogP contribution in [-0.4, -0.2) is 55.7 Å². The fourth-order valence-corrected chi connectivity index (χ4v) is 5.15. The van der Waals surface area contributed by atoms with Crippen LogP contribution in [0.3, 0.4) is 0 Å². The quantitative estimate of drug-likeness (QED) is 0.456. The van der Waals surface area contributed by atoms with Gasteiger partial charge in [0.2, 0.25) is 0 Å². The number of aromatic amines is 1. The molecule has 1 fully saturated rings. The third-order valence-corrected chi connectivity index (χ3v) is 6.92. The highest BCUT2D eigenvalue weighted by Crippen LogP contribution is 2.40. The molecule has 0 atom stereocenters. The highest BCUT2D eigenvalue weighted by atomic mass is 19.1. The van der Waals surface area contributed by atoms with E-state index in [1.165, 1.54) is 6.33 Å². The molecule has 0 radical (unpaired) electrons. The molecule has 7 nitrogen and oxygen atoms in total. The van der Waals surface area contributed by atoms with Gasteiger partial charge in [0.15, 0.2) is 17.2 Å². The molecule has 0 bridgehead atoms. The Hall–Kier alpha value is -3.00. The topological polar surface area (TPSA) is 71.3 Å². The zero-order valence-corrected chi connectivity index (χ0v) is 19.9. The minimum Gasteiger partial charge on any atom is -0.493 e. The second-order valence-corrected chi connectivity index (χ2v) is 9.54. The number of nitrogens with one attached hydrogen (secondary N) is 1. The molecule has 0 unspecified atom stereocenters. The number of halogens is 1. The normalized spacial score (nSPS) is 16.0. The molecule has 0 spiro atoms. The van der Waals surface area contributed by atoms with Crippen LogP contribution in [0.4, 0.5) is 4.39 Å². The fraction of sp³-hybridized carbons (Fsp3) is 0.480. The number of hydrogen-bond donors (Lipinski definition) is 1. The molecule has 1 saturated heterocycles. The van der Waals surface area contributed by atoms with Gasteiger partial charge in [-0.25, -0.2) is 13.9 Å². The smallest absolute Gasteiger partial charge is 0.197 e. The Kier molecular flexibility index (Phi) is 5.56. The van der Waals surface area contributed by atoms with Crippen molar-refractivity contribution in [1.29, 1.82) is 0 Å². The predicted molar refractivity (Wildman–Crippen MR) is 127 cm³/mol. The first-order valence-corrected chi connectivity index (χ1v) is 11.7. The van der Waals surface area contributed by atoms with E-state index in [9.17, 15) is 0 Å². The first kappa shape index (κ1) is 21.8. The first-order chi connectivity index (χ1) is 15.9. The van der Waals surface area contributed by atoms with Crippen LogP contribution < -0.4 is 4.74 Å². The standard InChI is InChI=1S/C25H31FN6O/c1-14(2)20-21-18(11-27-24(22(21)26)16-6-8-31(9-7-16)15(3)4)30-23(20)17-10-19(33-5)25-28-13-29-32(25)12-17/h10-16,30H,6-9H2,1-5H3. The van der Waals surface area contributed by atoms with Gasteiger partial charge in [-0.15, -0.1) is 0 Å². The molecule has 174 valence electrons. The zero-order valence-electron chi connectivity index (χ0n) is 19.9. The molecule has 0 saturated carbocycles. The molecular weight excluding hydrogens is 419 g/mol. The number of fused-ring (bicyclic) bond motifs is 2. The van der Waals surface area contributed by atoms with Crippen molar-refractivity contribution in [2.45, 2.75) is 58.4 Å². The maximum absolute atomic E-state index is 16.1. The SMILES string of the molecule is COc1cc(-c2[nH]c3cnc(C4CCN(C(C)C)CC4)c(F)c3c2C(C)C)cn2ncnc12. The Morgan fingerprint density at radius 1 is 1.15 bits per heavy atom. The van der Waals surface area contributed by atoms with E-state index in [0.29, 0.717) is 34.0 Å². The summed E-state index contributed by atoms with van der Waals surface area (Å²) in [7, 11) is 1.61. The van der Waals surface area contributed by atoms with Gasteiger partial charge in [-0.2, -0.15) is 5.10 Å². The summed E-state index contributed by atoms with van der Waals surface area (Å²) < 4.78 is 23.3. The molecule has 0 aromatic carbocycles. The Morgan fingerprint density at radius 3 is 2.58 bits per heavy atom. The summed E-state index contributed by atoms with van der Waals surface area (Å²) in [6.07, 6.45) is 7.05. The lowest BCUT2D eigenvalue weighted by Crippen LogP contribution is -2.38. The molecule has 4 aromatic heterocycles. The number of likely N-dealkylation sites (tertiary alicyclic amines) is 1. The largest absolute Gasteiger partial charge is 0.493 e. The highest BCUT2D eigenvalue weighted by molar-refractivity contribution is 5.92. The third kappa shape index (κ3) is 3.66. The van der Waals surface area contributed by atoms with Gasteiger partial charge in [-0.05, 0) is 57.3 Å². The summed E-state index contributed by atoms with van der Waals surface area (Å²) in [4.78, 5) is 14.8. The van der Waals surface area contributed by atoms with Gasteiger partial charge >= 0.3 is 0 Å². The number of nitrogens with zero attached hydrogens (tertiary/aromatic N) is 5. The summed E-state index contributed by atoms with van der Waals surface area (Å²) in [6, 6.07) is 2.44. The summed E-state index contributed by atoms with van der Waals surface area (Å²) >= 11 is 0. The van der Waals surface area contributed by atoms with E-state index in [-0.39, 0.29) is 17.7 Å². The zero-order chi connectivity index (χ0) is 23.3. The molecular formula is C25H31FN6O. The number of pyridine rings is 2. The molecule has 1 aliphatic heterocycles. The van der Waals surface area contributed by atoms with Crippen molar-refractivity contribution in [2.24, 2.45) is 0 Å². The van der Waals surface area contributed by atoms with E-state index >= 15 is 4.39 Å². The van der Waals surface area contributed by atoms with Crippen molar-refractivity contribution in [3.8, 4) is 17.0 Å². The second kappa shape index (κ2) is 8.41. The lowest BCUT2D eigenvalue weighted by molar-refractivity contribution is 0.169.